The fourth-order valence-corrected chi connectivity index (χ4v) is 4.93. The molecule has 3 heterocycles. The highest BCUT2D eigenvalue weighted by atomic mass is 19.4. The topological polar surface area (TPSA) is 69.5 Å². The van der Waals surface area contributed by atoms with Gasteiger partial charge in [0.2, 0.25) is 0 Å². The molecule has 1 aromatic heterocycles. The molecule has 2 aliphatic heterocycles. The van der Waals surface area contributed by atoms with E-state index in [1.807, 2.05) is 11.8 Å². The molecule has 2 atom stereocenters. The highest BCUT2D eigenvalue weighted by Gasteiger charge is 2.51. The van der Waals surface area contributed by atoms with Crippen molar-refractivity contribution in [3.8, 4) is 6.07 Å². The van der Waals surface area contributed by atoms with Crippen LogP contribution < -0.4 is 4.90 Å². The zero-order valence-corrected chi connectivity index (χ0v) is 18.3. The summed E-state index contributed by atoms with van der Waals surface area (Å²) in [6, 6.07) is 10.7. The van der Waals surface area contributed by atoms with E-state index in [0.29, 0.717) is 57.2 Å². The molecule has 4 rings (SSSR count). The summed E-state index contributed by atoms with van der Waals surface area (Å²) >= 11 is 0. The lowest BCUT2D eigenvalue weighted by molar-refractivity contribution is -0.137. The maximum atomic E-state index is 13.5. The average Bonchev–Trinajstić information content (AvgIpc) is 3.21. The molecule has 0 spiro atoms. The quantitative estimate of drug-likeness (QED) is 0.678. The maximum Gasteiger partial charge on any atom is 0.417 e. The van der Waals surface area contributed by atoms with Crippen molar-refractivity contribution in [1.29, 1.82) is 5.26 Å². The number of nitriles is 1. The molecule has 0 bridgehead atoms. The molecule has 9 heteroatoms. The molecule has 2 aromatic rings. The number of fused-ring (bicyclic) bond motifs is 1. The lowest BCUT2D eigenvalue weighted by Gasteiger charge is -2.44. The number of piperidine rings is 1. The second kappa shape index (κ2) is 9.02. The molecule has 0 N–H and O–H groups in total. The summed E-state index contributed by atoms with van der Waals surface area (Å²) in [6.07, 6.45) is -2.34. The van der Waals surface area contributed by atoms with Gasteiger partial charge in [-0.25, -0.2) is 0 Å². The van der Waals surface area contributed by atoms with Crippen LogP contribution in [0.15, 0.2) is 42.6 Å². The lowest BCUT2D eigenvalue weighted by atomic mass is 9.73. The predicted molar refractivity (Wildman–Crippen MR) is 116 cm³/mol. The SMILES string of the molecule is CCOCC12CCN(c3ccc(C#N)c(C(F)(F)F)c3)CC1CN(C(=O)c1ccccn1)C2. The molecule has 0 aliphatic carbocycles. The number of amides is 1. The van der Waals surface area contributed by atoms with Crippen molar-refractivity contribution < 1.29 is 22.7 Å². The zero-order valence-electron chi connectivity index (χ0n) is 18.3. The summed E-state index contributed by atoms with van der Waals surface area (Å²) in [5.74, 6) is -0.111. The highest BCUT2D eigenvalue weighted by molar-refractivity contribution is 5.92. The molecule has 0 radical (unpaired) electrons. The zero-order chi connectivity index (χ0) is 23.6. The largest absolute Gasteiger partial charge is 0.417 e. The Kier molecular flexibility index (Phi) is 6.30. The Hall–Kier alpha value is -3.12. The summed E-state index contributed by atoms with van der Waals surface area (Å²) in [5.41, 5.74) is -0.757. The number of carbonyl (C=O) groups excluding carboxylic acids is 1. The van der Waals surface area contributed by atoms with Crippen molar-refractivity contribution in [2.24, 2.45) is 11.3 Å². The number of halogens is 3. The first kappa shape index (κ1) is 23.1. The van der Waals surface area contributed by atoms with Crippen LogP contribution in [0.3, 0.4) is 0 Å². The standard InChI is InChI=1S/C24H25F3N4O2/c1-2-33-16-23-8-10-30(19-7-6-17(12-28)20(11-19)24(25,26)27)13-18(23)14-31(15-23)22(32)21-5-3-4-9-29-21/h3-7,9,11,18H,2,8,10,13-16H2,1H3. The van der Waals surface area contributed by atoms with E-state index in [4.69, 9.17) is 10.00 Å². The number of hydrogen-bond acceptors (Lipinski definition) is 5. The molecule has 2 fully saturated rings. The van der Waals surface area contributed by atoms with E-state index in [9.17, 15) is 18.0 Å². The van der Waals surface area contributed by atoms with Crippen molar-refractivity contribution in [2.45, 2.75) is 19.5 Å². The van der Waals surface area contributed by atoms with Crippen LogP contribution in [0.2, 0.25) is 0 Å². The molecule has 1 amide bonds. The summed E-state index contributed by atoms with van der Waals surface area (Å²) in [6.45, 7) is 5.03. The Morgan fingerprint density at radius 3 is 2.79 bits per heavy atom. The van der Waals surface area contributed by atoms with Gasteiger partial charge in [0.1, 0.15) is 5.69 Å². The number of nitrogens with zero attached hydrogens (tertiary/aromatic N) is 4. The number of hydrogen-bond donors (Lipinski definition) is 0. The van der Waals surface area contributed by atoms with Gasteiger partial charge in [-0.3, -0.25) is 9.78 Å². The predicted octanol–water partition coefficient (Wildman–Crippen LogP) is 3.98. The number of alkyl halides is 3. The monoisotopic (exact) mass is 458 g/mol. The Labute approximate surface area is 190 Å². The van der Waals surface area contributed by atoms with Gasteiger partial charge in [-0.15, -0.1) is 0 Å². The summed E-state index contributed by atoms with van der Waals surface area (Å²) in [5, 5.41) is 9.08. The third-order valence-corrected chi connectivity index (χ3v) is 6.69. The number of likely N-dealkylation sites (tertiary alicyclic amines) is 1. The number of ether oxygens (including phenoxy) is 1. The van der Waals surface area contributed by atoms with E-state index in [-0.39, 0.29) is 22.8 Å². The molecule has 0 saturated carbocycles. The fraction of sp³-hybridized carbons (Fsp3) is 0.458. The Morgan fingerprint density at radius 1 is 1.30 bits per heavy atom. The molecule has 33 heavy (non-hydrogen) atoms. The Balaban J connectivity index is 1.59. The third kappa shape index (κ3) is 4.53. The normalized spacial score (nSPS) is 22.7. The van der Waals surface area contributed by atoms with Crippen molar-refractivity contribution in [1.82, 2.24) is 9.88 Å². The van der Waals surface area contributed by atoms with Gasteiger partial charge in [0.05, 0.1) is 23.8 Å². The molecular formula is C24H25F3N4O2. The van der Waals surface area contributed by atoms with Crippen LogP contribution >= 0.6 is 0 Å². The van der Waals surface area contributed by atoms with Gasteiger partial charge in [0.25, 0.3) is 5.91 Å². The fourth-order valence-electron chi connectivity index (χ4n) is 4.93. The van der Waals surface area contributed by atoms with Crippen LogP contribution in [-0.2, 0) is 10.9 Å². The molecule has 2 aliphatic rings. The van der Waals surface area contributed by atoms with Crippen LogP contribution in [0, 0.1) is 22.7 Å². The van der Waals surface area contributed by atoms with E-state index in [1.165, 1.54) is 6.07 Å². The van der Waals surface area contributed by atoms with Crippen LogP contribution in [0.4, 0.5) is 18.9 Å². The maximum absolute atomic E-state index is 13.5. The van der Waals surface area contributed by atoms with E-state index < -0.39 is 11.7 Å². The number of aromatic nitrogens is 1. The Morgan fingerprint density at radius 2 is 2.12 bits per heavy atom. The minimum Gasteiger partial charge on any atom is -0.381 e. The first-order valence-electron chi connectivity index (χ1n) is 10.9. The van der Waals surface area contributed by atoms with Crippen LogP contribution in [0.1, 0.15) is 35.0 Å². The number of anilines is 1. The highest BCUT2D eigenvalue weighted by Crippen LogP contribution is 2.45. The van der Waals surface area contributed by atoms with Crippen LogP contribution in [-0.4, -0.2) is 55.2 Å². The Bertz CT molecular complexity index is 1050. The summed E-state index contributed by atoms with van der Waals surface area (Å²) in [7, 11) is 0. The second-order valence-corrected chi connectivity index (χ2v) is 8.63. The van der Waals surface area contributed by atoms with Crippen LogP contribution in [0.5, 0.6) is 0 Å². The van der Waals surface area contributed by atoms with E-state index in [2.05, 4.69) is 4.98 Å². The minimum atomic E-state index is -4.60. The summed E-state index contributed by atoms with van der Waals surface area (Å²) in [4.78, 5) is 20.9. The molecule has 6 nitrogen and oxygen atoms in total. The van der Waals surface area contributed by atoms with Gasteiger partial charge < -0.3 is 14.5 Å². The van der Waals surface area contributed by atoms with Gasteiger partial charge in [0, 0.05) is 56.0 Å². The summed E-state index contributed by atoms with van der Waals surface area (Å²) < 4.78 is 46.2. The molecular weight excluding hydrogens is 433 g/mol. The lowest BCUT2D eigenvalue weighted by Crippen LogP contribution is -2.49. The number of benzene rings is 1. The molecule has 1 aromatic carbocycles. The van der Waals surface area contributed by atoms with Crippen molar-refractivity contribution in [2.75, 3.05) is 44.3 Å². The third-order valence-electron chi connectivity index (χ3n) is 6.69. The number of rotatable bonds is 5. The van der Waals surface area contributed by atoms with Gasteiger partial charge in [-0.05, 0) is 43.7 Å². The molecule has 174 valence electrons. The smallest absolute Gasteiger partial charge is 0.381 e. The molecule has 2 saturated heterocycles. The van der Waals surface area contributed by atoms with Gasteiger partial charge >= 0.3 is 6.18 Å². The van der Waals surface area contributed by atoms with E-state index in [0.717, 1.165) is 6.07 Å². The van der Waals surface area contributed by atoms with E-state index >= 15 is 0 Å². The van der Waals surface area contributed by atoms with Gasteiger partial charge in [0.15, 0.2) is 0 Å². The van der Waals surface area contributed by atoms with Crippen molar-refractivity contribution in [3.63, 3.8) is 0 Å². The van der Waals surface area contributed by atoms with Gasteiger partial charge in [-0.1, -0.05) is 6.07 Å². The average molecular weight is 458 g/mol. The van der Waals surface area contributed by atoms with Crippen molar-refractivity contribution >= 4 is 11.6 Å². The van der Waals surface area contributed by atoms with Gasteiger partial charge in [-0.2, -0.15) is 18.4 Å². The first-order chi connectivity index (χ1) is 15.8. The van der Waals surface area contributed by atoms with Crippen LogP contribution in [0.25, 0.3) is 0 Å². The minimum absolute atomic E-state index is 0.0374. The number of carbonyl (C=O) groups is 1. The molecule has 2 unspecified atom stereocenters. The first-order valence-corrected chi connectivity index (χ1v) is 10.9. The number of pyridine rings is 1. The van der Waals surface area contributed by atoms with Crippen molar-refractivity contribution in [3.05, 3.63) is 59.4 Å². The van der Waals surface area contributed by atoms with E-state index in [1.54, 1.807) is 41.4 Å². The second-order valence-electron chi connectivity index (χ2n) is 8.63.